The molecule has 0 spiro atoms. The van der Waals surface area contributed by atoms with Gasteiger partial charge in [0.2, 0.25) is 0 Å². The van der Waals surface area contributed by atoms with Crippen LogP contribution in [-0.2, 0) is 0 Å². The van der Waals surface area contributed by atoms with E-state index in [1.165, 1.54) is 38.6 Å². The van der Waals surface area contributed by atoms with Crippen LogP contribution in [0.15, 0.2) is 205 Å². The number of fused-ring (bicyclic) bond motifs is 6. The Labute approximate surface area is 302 Å². The highest BCUT2D eigenvalue weighted by atomic mass is 16.3. The van der Waals surface area contributed by atoms with Crippen LogP contribution in [-0.4, -0.2) is 0 Å². The number of hydrogen-bond acceptors (Lipinski definition) is 2. The molecule has 2 nitrogen and oxygen atoms in total. The van der Waals surface area contributed by atoms with Gasteiger partial charge in [0.25, 0.3) is 0 Å². The van der Waals surface area contributed by atoms with E-state index in [1.54, 1.807) is 0 Å². The third-order valence-electron chi connectivity index (χ3n) is 10.2. The molecule has 0 aliphatic carbocycles. The van der Waals surface area contributed by atoms with Crippen molar-refractivity contribution in [2.75, 3.05) is 4.90 Å². The smallest absolute Gasteiger partial charge is 0.143 e. The van der Waals surface area contributed by atoms with Gasteiger partial charge in [0.1, 0.15) is 11.2 Å². The molecule has 0 fully saturated rings. The number of furan rings is 1. The number of anilines is 3. The average Bonchev–Trinajstić information content (AvgIpc) is 3.61. The van der Waals surface area contributed by atoms with Gasteiger partial charge in [-0.2, -0.15) is 0 Å². The number of nitrogens with zero attached hydrogens (tertiary/aromatic N) is 1. The molecule has 0 amide bonds. The average molecular weight is 664 g/mol. The summed E-state index contributed by atoms with van der Waals surface area (Å²) in [5.74, 6) is 0. The summed E-state index contributed by atoms with van der Waals surface area (Å²) in [6, 6.07) is 71.6. The zero-order chi connectivity index (χ0) is 34.4. The standard InChI is InChI=1S/C50H33NO/c1-3-14-34(15-4-1)36-26-29-39(30-27-36)51(40-31-28-35-16-7-8-19-38(35)32-40)47-33-46-49-44(42-21-10-9-20-41(42)37-17-5-2-6-18-37)24-13-25-48(49)52-50(46)45-23-12-11-22-43(45)47/h1-33H. The lowest BCUT2D eigenvalue weighted by Crippen LogP contribution is -2.10. The Morgan fingerprint density at radius 1 is 0.346 bits per heavy atom. The Balaban J connectivity index is 1.25. The predicted octanol–water partition coefficient (Wildman–Crippen LogP) is 14.4. The highest BCUT2D eigenvalue weighted by Gasteiger charge is 2.22. The van der Waals surface area contributed by atoms with Gasteiger partial charge in [-0.3, -0.25) is 0 Å². The lowest BCUT2D eigenvalue weighted by molar-refractivity contribution is 0.673. The molecule has 0 aliphatic heterocycles. The van der Waals surface area contributed by atoms with Crippen molar-refractivity contribution >= 4 is 60.5 Å². The Morgan fingerprint density at radius 2 is 0.942 bits per heavy atom. The fourth-order valence-corrected chi connectivity index (χ4v) is 7.80. The molecule has 10 aromatic rings. The molecule has 0 atom stereocenters. The highest BCUT2D eigenvalue weighted by molar-refractivity contribution is 6.23. The summed E-state index contributed by atoms with van der Waals surface area (Å²) < 4.78 is 6.82. The van der Waals surface area contributed by atoms with E-state index in [-0.39, 0.29) is 0 Å². The van der Waals surface area contributed by atoms with Crippen LogP contribution in [0.2, 0.25) is 0 Å². The van der Waals surface area contributed by atoms with E-state index < -0.39 is 0 Å². The summed E-state index contributed by atoms with van der Waals surface area (Å²) in [4.78, 5) is 2.41. The van der Waals surface area contributed by atoms with Crippen molar-refractivity contribution in [2.45, 2.75) is 0 Å². The monoisotopic (exact) mass is 663 g/mol. The van der Waals surface area contributed by atoms with Crippen LogP contribution in [0.5, 0.6) is 0 Å². The molecular formula is C50H33NO. The minimum atomic E-state index is 0.877. The van der Waals surface area contributed by atoms with Crippen LogP contribution in [0.1, 0.15) is 0 Å². The largest absolute Gasteiger partial charge is 0.455 e. The molecule has 0 aliphatic rings. The molecule has 0 bridgehead atoms. The summed E-state index contributed by atoms with van der Waals surface area (Å²) in [5.41, 5.74) is 12.2. The van der Waals surface area contributed by atoms with Crippen LogP contribution in [0.3, 0.4) is 0 Å². The van der Waals surface area contributed by atoms with Crippen LogP contribution < -0.4 is 4.90 Å². The van der Waals surface area contributed by atoms with E-state index in [9.17, 15) is 0 Å². The van der Waals surface area contributed by atoms with Gasteiger partial charge in [-0.25, -0.2) is 0 Å². The Hall–Kier alpha value is -6.90. The second-order valence-corrected chi connectivity index (χ2v) is 13.3. The summed E-state index contributed by atoms with van der Waals surface area (Å²) in [6.45, 7) is 0. The molecule has 52 heavy (non-hydrogen) atoms. The molecule has 1 heterocycles. The van der Waals surface area contributed by atoms with Crippen molar-refractivity contribution in [3.63, 3.8) is 0 Å². The number of rotatable bonds is 6. The Morgan fingerprint density at radius 3 is 1.73 bits per heavy atom. The minimum absolute atomic E-state index is 0.877. The molecule has 0 unspecified atom stereocenters. The summed E-state index contributed by atoms with van der Waals surface area (Å²) in [6.07, 6.45) is 0. The molecule has 244 valence electrons. The van der Waals surface area contributed by atoms with Gasteiger partial charge < -0.3 is 9.32 Å². The second-order valence-electron chi connectivity index (χ2n) is 13.3. The fraction of sp³-hybridized carbons (Fsp3) is 0. The van der Waals surface area contributed by atoms with E-state index in [0.29, 0.717) is 0 Å². The molecule has 0 radical (unpaired) electrons. The topological polar surface area (TPSA) is 16.4 Å². The number of benzene rings is 9. The van der Waals surface area contributed by atoms with E-state index in [4.69, 9.17) is 4.42 Å². The van der Waals surface area contributed by atoms with Gasteiger partial charge in [0.15, 0.2) is 0 Å². The third kappa shape index (κ3) is 5.04. The Kier molecular flexibility index (Phi) is 7.18. The lowest BCUT2D eigenvalue weighted by Gasteiger charge is -2.27. The van der Waals surface area contributed by atoms with E-state index in [1.807, 2.05) is 0 Å². The van der Waals surface area contributed by atoms with Crippen LogP contribution in [0.4, 0.5) is 17.1 Å². The molecule has 2 heteroatoms. The first kappa shape index (κ1) is 30.0. The van der Waals surface area contributed by atoms with Gasteiger partial charge in [-0.1, -0.05) is 164 Å². The normalized spacial score (nSPS) is 11.5. The van der Waals surface area contributed by atoms with Crippen molar-refractivity contribution in [1.29, 1.82) is 0 Å². The summed E-state index contributed by atoms with van der Waals surface area (Å²) in [7, 11) is 0. The summed E-state index contributed by atoms with van der Waals surface area (Å²) in [5, 5.41) is 6.83. The van der Waals surface area contributed by atoms with Crippen LogP contribution >= 0.6 is 0 Å². The second kappa shape index (κ2) is 12.5. The Bertz CT molecular complexity index is 2890. The molecule has 9 aromatic carbocycles. The quantitative estimate of drug-likeness (QED) is 0.176. The van der Waals surface area contributed by atoms with Gasteiger partial charge >= 0.3 is 0 Å². The van der Waals surface area contributed by atoms with Crippen molar-refractivity contribution in [3.05, 3.63) is 200 Å². The molecule has 1 aromatic heterocycles. The van der Waals surface area contributed by atoms with Gasteiger partial charge in [0.05, 0.1) is 5.69 Å². The lowest BCUT2D eigenvalue weighted by atomic mass is 9.91. The zero-order valence-corrected chi connectivity index (χ0v) is 28.4. The highest BCUT2D eigenvalue weighted by Crippen LogP contribution is 2.47. The SMILES string of the molecule is c1ccc(-c2ccc(N(c3ccc4ccccc4c3)c3cc4c(oc5cccc(-c6ccccc6-c6ccccc6)c54)c4ccccc34)cc2)cc1. The summed E-state index contributed by atoms with van der Waals surface area (Å²) >= 11 is 0. The first-order chi connectivity index (χ1) is 25.8. The zero-order valence-electron chi connectivity index (χ0n) is 28.4. The maximum Gasteiger partial charge on any atom is 0.143 e. The molecular weight excluding hydrogens is 631 g/mol. The molecule has 0 saturated heterocycles. The maximum atomic E-state index is 6.82. The molecule has 10 rings (SSSR count). The minimum Gasteiger partial charge on any atom is -0.455 e. The van der Waals surface area contributed by atoms with Gasteiger partial charge in [0, 0.05) is 32.9 Å². The molecule has 0 saturated carbocycles. The van der Waals surface area contributed by atoms with E-state index >= 15 is 0 Å². The first-order valence-corrected chi connectivity index (χ1v) is 17.8. The first-order valence-electron chi connectivity index (χ1n) is 17.8. The van der Waals surface area contributed by atoms with Gasteiger partial charge in [-0.15, -0.1) is 0 Å². The number of hydrogen-bond donors (Lipinski definition) is 0. The van der Waals surface area contributed by atoms with Gasteiger partial charge in [-0.05, 0) is 80.6 Å². The fourth-order valence-electron chi connectivity index (χ4n) is 7.80. The predicted molar refractivity (Wildman–Crippen MR) is 220 cm³/mol. The van der Waals surface area contributed by atoms with E-state index in [2.05, 4.69) is 205 Å². The molecule has 0 N–H and O–H groups in total. The van der Waals surface area contributed by atoms with Crippen molar-refractivity contribution < 1.29 is 4.42 Å². The van der Waals surface area contributed by atoms with Crippen molar-refractivity contribution in [1.82, 2.24) is 0 Å². The van der Waals surface area contributed by atoms with E-state index in [0.717, 1.165) is 55.3 Å². The van der Waals surface area contributed by atoms with Crippen LogP contribution in [0, 0.1) is 0 Å². The van der Waals surface area contributed by atoms with Crippen molar-refractivity contribution in [3.8, 4) is 33.4 Å². The van der Waals surface area contributed by atoms with Crippen LogP contribution in [0.25, 0.3) is 76.9 Å². The maximum absolute atomic E-state index is 6.82. The van der Waals surface area contributed by atoms with Crippen molar-refractivity contribution in [2.24, 2.45) is 0 Å². The third-order valence-corrected chi connectivity index (χ3v) is 10.2.